The number of nitrogens with zero attached hydrogens (tertiary/aromatic N) is 2. The summed E-state index contributed by atoms with van der Waals surface area (Å²) in [6, 6.07) is 6.03. The first-order chi connectivity index (χ1) is 12.7. The van der Waals surface area contributed by atoms with Gasteiger partial charge in [0.2, 0.25) is 0 Å². The number of anilines is 1. The first kappa shape index (κ1) is 19.4. The second-order valence-corrected chi connectivity index (χ2v) is 6.70. The van der Waals surface area contributed by atoms with E-state index in [0.717, 1.165) is 18.3 Å². The third kappa shape index (κ3) is 4.68. The first-order valence-corrected chi connectivity index (χ1v) is 8.66. The van der Waals surface area contributed by atoms with Crippen molar-refractivity contribution < 1.29 is 22.4 Å². The molecule has 0 atom stereocenters. The number of hydrogen-bond acceptors (Lipinski definition) is 3. The van der Waals surface area contributed by atoms with Crippen LogP contribution in [-0.4, -0.2) is 30.0 Å². The van der Waals surface area contributed by atoms with Crippen LogP contribution in [0.2, 0.25) is 5.02 Å². The molecule has 2 heterocycles. The fraction of sp³-hybridized carbons (Fsp3) is 0.333. The quantitative estimate of drug-likeness (QED) is 0.780. The maximum Gasteiger partial charge on any atom is 0.417 e. The average Bonchev–Trinajstić information content (AvgIpc) is 2.61. The molecule has 1 saturated heterocycles. The summed E-state index contributed by atoms with van der Waals surface area (Å²) >= 11 is 5.68. The Kier molecular flexibility index (Phi) is 5.55. The Labute approximate surface area is 158 Å². The van der Waals surface area contributed by atoms with Crippen LogP contribution >= 0.6 is 11.6 Å². The monoisotopic (exact) mass is 401 g/mol. The fourth-order valence-electron chi connectivity index (χ4n) is 2.93. The van der Waals surface area contributed by atoms with Gasteiger partial charge in [0.15, 0.2) is 0 Å². The zero-order chi connectivity index (χ0) is 19.6. The van der Waals surface area contributed by atoms with E-state index < -0.39 is 23.5 Å². The Morgan fingerprint density at radius 1 is 1.19 bits per heavy atom. The van der Waals surface area contributed by atoms with E-state index in [1.807, 2.05) is 4.90 Å². The van der Waals surface area contributed by atoms with Crippen molar-refractivity contribution in [3.63, 3.8) is 0 Å². The van der Waals surface area contributed by atoms with Gasteiger partial charge in [-0.25, -0.2) is 9.37 Å². The molecule has 0 bridgehead atoms. The molecule has 0 spiro atoms. The summed E-state index contributed by atoms with van der Waals surface area (Å²) in [5, 5.41) is 2.99. The van der Waals surface area contributed by atoms with Gasteiger partial charge in [0.25, 0.3) is 5.91 Å². The smallest absolute Gasteiger partial charge is 0.356 e. The minimum atomic E-state index is -4.42. The van der Waals surface area contributed by atoms with Crippen molar-refractivity contribution in [1.29, 1.82) is 0 Å². The molecule has 4 nitrogen and oxygen atoms in total. The van der Waals surface area contributed by atoms with Crippen molar-refractivity contribution in [3.05, 3.63) is 58.5 Å². The van der Waals surface area contributed by atoms with Gasteiger partial charge in [-0.05, 0) is 43.2 Å². The number of amides is 1. The molecular weight excluding hydrogens is 386 g/mol. The number of pyridine rings is 1. The minimum absolute atomic E-state index is 0.0776. The number of carbonyl (C=O) groups is 1. The first-order valence-electron chi connectivity index (χ1n) is 8.28. The second kappa shape index (κ2) is 7.72. The largest absolute Gasteiger partial charge is 0.417 e. The maximum absolute atomic E-state index is 13.8. The number of aromatic nitrogens is 1. The van der Waals surface area contributed by atoms with Gasteiger partial charge in [0.05, 0.1) is 11.1 Å². The fourth-order valence-corrected chi connectivity index (χ4v) is 3.09. The highest BCUT2D eigenvalue weighted by atomic mass is 35.5. The highest BCUT2D eigenvalue weighted by molar-refractivity contribution is 6.30. The maximum atomic E-state index is 13.8. The van der Waals surface area contributed by atoms with Gasteiger partial charge in [-0.1, -0.05) is 11.6 Å². The third-order valence-electron chi connectivity index (χ3n) is 4.41. The van der Waals surface area contributed by atoms with Gasteiger partial charge < -0.3 is 10.2 Å². The molecule has 1 N–H and O–H groups in total. The lowest BCUT2D eigenvalue weighted by molar-refractivity contribution is -0.137. The lowest BCUT2D eigenvalue weighted by atomic mass is 10.0. The van der Waals surface area contributed by atoms with Crippen LogP contribution in [0.4, 0.5) is 23.4 Å². The van der Waals surface area contributed by atoms with E-state index in [4.69, 9.17) is 11.6 Å². The molecule has 144 valence electrons. The van der Waals surface area contributed by atoms with Crippen LogP contribution in [0.5, 0.6) is 0 Å². The van der Waals surface area contributed by atoms with E-state index >= 15 is 0 Å². The Bertz CT molecular complexity index is 818. The van der Waals surface area contributed by atoms with E-state index in [1.165, 1.54) is 18.2 Å². The number of carbonyl (C=O) groups excluding carboxylic acids is 1. The molecular formula is C18H16ClF4N3O. The summed E-state index contributed by atoms with van der Waals surface area (Å²) in [5.41, 5.74) is -0.871. The predicted octanol–water partition coefficient (Wildman–Crippen LogP) is 4.29. The molecule has 1 aromatic heterocycles. The molecule has 0 aliphatic carbocycles. The molecule has 2 aromatic rings. The van der Waals surface area contributed by atoms with Crippen LogP contribution in [0.3, 0.4) is 0 Å². The second-order valence-electron chi connectivity index (χ2n) is 6.26. The molecule has 0 unspecified atom stereocenters. The van der Waals surface area contributed by atoms with Crippen molar-refractivity contribution in [3.8, 4) is 0 Å². The molecule has 1 amide bonds. The summed E-state index contributed by atoms with van der Waals surface area (Å²) in [6.07, 6.45) is -2.46. The van der Waals surface area contributed by atoms with Crippen LogP contribution in [0.25, 0.3) is 0 Å². The van der Waals surface area contributed by atoms with Crippen molar-refractivity contribution in [2.45, 2.75) is 25.1 Å². The van der Waals surface area contributed by atoms with Crippen molar-refractivity contribution in [2.24, 2.45) is 0 Å². The molecule has 1 aliphatic heterocycles. The highest BCUT2D eigenvalue weighted by Gasteiger charge is 2.31. The SMILES string of the molecule is O=C(NC1CCN(c2ccc(C(F)(F)F)cn2)CC1)c1ccc(Cl)cc1F. The number of piperidine rings is 1. The van der Waals surface area contributed by atoms with Gasteiger partial charge in [-0.3, -0.25) is 4.79 Å². The molecule has 9 heteroatoms. The van der Waals surface area contributed by atoms with E-state index in [-0.39, 0.29) is 16.6 Å². The van der Waals surface area contributed by atoms with Crippen molar-refractivity contribution >= 4 is 23.3 Å². The zero-order valence-corrected chi connectivity index (χ0v) is 14.8. The Morgan fingerprint density at radius 2 is 1.89 bits per heavy atom. The van der Waals surface area contributed by atoms with Crippen molar-refractivity contribution in [1.82, 2.24) is 10.3 Å². The van der Waals surface area contributed by atoms with Gasteiger partial charge in [-0.15, -0.1) is 0 Å². The molecule has 0 saturated carbocycles. The van der Waals surface area contributed by atoms with E-state index in [9.17, 15) is 22.4 Å². The number of nitrogens with one attached hydrogen (secondary N) is 1. The normalized spacial score (nSPS) is 15.7. The van der Waals surface area contributed by atoms with E-state index in [1.54, 1.807) is 0 Å². The van der Waals surface area contributed by atoms with Gasteiger partial charge in [-0.2, -0.15) is 13.2 Å². The number of hydrogen-bond donors (Lipinski definition) is 1. The lowest BCUT2D eigenvalue weighted by Crippen LogP contribution is -2.45. The van der Waals surface area contributed by atoms with Crippen LogP contribution in [-0.2, 0) is 6.18 Å². The van der Waals surface area contributed by atoms with Gasteiger partial charge in [0.1, 0.15) is 11.6 Å². The van der Waals surface area contributed by atoms with Gasteiger partial charge >= 0.3 is 6.18 Å². The third-order valence-corrected chi connectivity index (χ3v) is 4.64. The molecule has 3 rings (SSSR count). The van der Waals surface area contributed by atoms with Crippen LogP contribution in [0.15, 0.2) is 36.5 Å². The minimum Gasteiger partial charge on any atom is -0.356 e. The Hall–Kier alpha value is -2.35. The van der Waals surface area contributed by atoms with Crippen LogP contribution < -0.4 is 10.2 Å². The Balaban J connectivity index is 1.56. The van der Waals surface area contributed by atoms with Crippen LogP contribution in [0, 0.1) is 5.82 Å². The zero-order valence-electron chi connectivity index (χ0n) is 14.1. The number of alkyl halides is 3. The van der Waals surface area contributed by atoms with Gasteiger partial charge in [0, 0.05) is 30.4 Å². The predicted molar refractivity (Wildman–Crippen MR) is 93.4 cm³/mol. The summed E-state index contributed by atoms with van der Waals surface area (Å²) in [5.74, 6) is -0.752. The summed E-state index contributed by atoms with van der Waals surface area (Å²) in [4.78, 5) is 17.9. The number of halogens is 5. The highest BCUT2D eigenvalue weighted by Crippen LogP contribution is 2.29. The van der Waals surface area contributed by atoms with Crippen LogP contribution in [0.1, 0.15) is 28.8 Å². The molecule has 1 fully saturated rings. The van der Waals surface area contributed by atoms with Crippen molar-refractivity contribution in [2.75, 3.05) is 18.0 Å². The van der Waals surface area contributed by atoms with E-state index in [0.29, 0.717) is 31.7 Å². The average molecular weight is 402 g/mol. The van der Waals surface area contributed by atoms with E-state index in [2.05, 4.69) is 10.3 Å². The molecule has 1 aromatic carbocycles. The standard InChI is InChI=1S/C18H16ClF4N3O/c19-12-2-3-14(15(20)9-12)17(27)25-13-5-7-26(8-6-13)16-4-1-11(10-24-16)18(21,22)23/h1-4,9-10,13H,5-8H2,(H,25,27). The summed E-state index contributed by atoms with van der Waals surface area (Å²) in [6.45, 7) is 1.04. The summed E-state index contributed by atoms with van der Waals surface area (Å²) in [7, 11) is 0. The molecule has 1 aliphatic rings. The lowest BCUT2D eigenvalue weighted by Gasteiger charge is -2.33. The number of benzene rings is 1. The Morgan fingerprint density at radius 3 is 2.44 bits per heavy atom. The molecule has 0 radical (unpaired) electrons. The topological polar surface area (TPSA) is 45.2 Å². The molecule has 27 heavy (non-hydrogen) atoms. The number of rotatable bonds is 3. The summed E-state index contributed by atoms with van der Waals surface area (Å²) < 4.78 is 51.6.